The normalized spacial score (nSPS) is 30.0. The lowest BCUT2D eigenvalue weighted by molar-refractivity contribution is 0.259. The van der Waals surface area contributed by atoms with E-state index < -0.39 is 0 Å². The molecule has 1 saturated heterocycles. The minimum absolute atomic E-state index is 0.616. The molecule has 1 aliphatic heterocycles. The van der Waals surface area contributed by atoms with Gasteiger partial charge in [-0.2, -0.15) is 0 Å². The third-order valence-corrected chi connectivity index (χ3v) is 6.56. The molecule has 1 atom stereocenters. The molecule has 2 fully saturated rings. The van der Waals surface area contributed by atoms with E-state index in [2.05, 4.69) is 14.2 Å². The van der Waals surface area contributed by atoms with Crippen molar-refractivity contribution in [3.05, 3.63) is 0 Å². The van der Waals surface area contributed by atoms with Crippen LogP contribution in [0.5, 0.6) is 0 Å². The Labute approximate surface area is 141 Å². The van der Waals surface area contributed by atoms with Crippen LogP contribution in [0.15, 0.2) is 0 Å². The van der Waals surface area contributed by atoms with Crippen molar-refractivity contribution in [2.45, 2.75) is 128 Å². The van der Waals surface area contributed by atoms with Crippen molar-refractivity contribution in [1.29, 1.82) is 0 Å². The molecule has 2 aliphatic rings. The highest BCUT2D eigenvalue weighted by Gasteiger charge is 2.37. The summed E-state index contributed by atoms with van der Waals surface area (Å²) in [5.74, 6) is 1.01. The summed E-state index contributed by atoms with van der Waals surface area (Å²) in [5, 5.41) is 0.616. The van der Waals surface area contributed by atoms with Crippen molar-refractivity contribution in [3.8, 4) is 0 Å². The summed E-state index contributed by atoms with van der Waals surface area (Å²) < 4.78 is 0. The first-order chi connectivity index (χ1) is 10.9. The summed E-state index contributed by atoms with van der Waals surface area (Å²) in [6.45, 7) is 2.38. The number of unbranched alkanes of at least 4 members (excludes halogenated alkanes) is 1. The van der Waals surface area contributed by atoms with Crippen LogP contribution in [0.4, 0.5) is 0 Å². The molecule has 22 heavy (non-hydrogen) atoms. The SMILES string of the molecule is CCCCC1(C2CCCCCCCC2)[B]CCCCCCC1. The molecule has 0 aromatic heterocycles. The molecule has 0 aromatic carbocycles. The zero-order chi connectivity index (χ0) is 15.5. The van der Waals surface area contributed by atoms with E-state index in [1.807, 2.05) is 0 Å². The van der Waals surface area contributed by atoms with Crippen LogP contribution in [0.25, 0.3) is 0 Å². The molecule has 0 amide bonds. The second-order valence-corrected chi connectivity index (χ2v) is 8.24. The van der Waals surface area contributed by atoms with Crippen LogP contribution in [0.2, 0.25) is 11.6 Å². The summed E-state index contributed by atoms with van der Waals surface area (Å²) in [6.07, 6.45) is 26.7. The molecule has 0 N–H and O–H groups in total. The summed E-state index contributed by atoms with van der Waals surface area (Å²) in [7, 11) is 2.86. The van der Waals surface area contributed by atoms with Crippen LogP contribution in [0.3, 0.4) is 0 Å². The van der Waals surface area contributed by atoms with Gasteiger partial charge in [0.2, 0.25) is 0 Å². The number of hydrogen-bond donors (Lipinski definition) is 0. The lowest BCUT2D eigenvalue weighted by atomic mass is 9.41. The van der Waals surface area contributed by atoms with Crippen LogP contribution < -0.4 is 0 Å². The van der Waals surface area contributed by atoms with E-state index in [-0.39, 0.29) is 0 Å². The first-order valence-electron chi connectivity index (χ1n) is 10.7. The van der Waals surface area contributed by atoms with Gasteiger partial charge in [-0.05, 0) is 5.92 Å². The van der Waals surface area contributed by atoms with Crippen LogP contribution in [0.1, 0.15) is 116 Å². The Morgan fingerprint density at radius 2 is 1.36 bits per heavy atom. The molecule has 1 radical (unpaired) electrons. The highest BCUT2D eigenvalue weighted by atomic mass is 14.4. The van der Waals surface area contributed by atoms with Gasteiger partial charge in [-0.1, -0.05) is 128 Å². The molecule has 0 nitrogen and oxygen atoms in total. The van der Waals surface area contributed by atoms with Crippen molar-refractivity contribution in [2.75, 3.05) is 0 Å². The van der Waals surface area contributed by atoms with Gasteiger partial charge in [0.25, 0.3) is 0 Å². The molecule has 1 saturated carbocycles. The Kier molecular flexibility index (Phi) is 9.01. The smallest absolute Gasteiger partial charge is 0.0796 e. The van der Waals surface area contributed by atoms with Gasteiger partial charge in [0, 0.05) is 0 Å². The molecular formula is C21H40B. The molecule has 0 bridgehead atoms. The zero-order valence-electron chi connectivity index (χ0n) is 15.4. The summed E-state index contributed by atoms with van der Waals surface area (Å²) in [4.78, 5) is 0. The second kappa shape index (κ2) is 10.8. The minimum atomic E-state index is 0.616. The predicted octanol–water partition coefficient (Wildman–Crippen LogP) is 7.56. The maximum atomic E-state index is 2.86. The lowest BCUT2D eigenvalue weighted by Crippen LogP contribution is -2.30. The third kappa shape index (κ3) is 5.93. The Hall–Kier alpha value is 0.0649. The van der Waals surface area contributed by atoms with E-state index in [4.69, 9.17) is 0 Å². The average molecular weight is 303 g/mol. The highest BCUT2D eigenvalue weighted by molar-refractivity contribution is 6.40. The van der Waals surface area contributed by atoms with E-state index in [1.165, 1.54) is 115 Å². The quantitative estimate of drug-likeness (QED) is 0.470. The summed E-state index contributed by atoms with van der Waals surface area (Å²) in [5.41, 5.74) is 0. The fourth-order valence-electron chi connectivity index (χ4n) is 5.14. The Morgan fingerprint density at radius 1 is 0.773 bits per heavy atom. The Bertz CT molecular complexity index is 253. The van der Waals surface area contributed by atoms with Crippen LogP contribution >= 0.6 is 0 Å². The van der Waals surface area contributed by atoms with Crippen molar-refractivity contribution >= 4 is 7.28 Å². The number of rotatable bonds is 4. The monoisotopic (exact) mass is 303 g/mol. The van der Waals surface area contributed by atoms with Gasteiger partial charge in [0.05, 0.1) is 0 Å². The Morgan fingerprint density at radius 3 is 2.05 bits per heavy atom. The predicted molar refractivity (Wildman–Crippen MR) is 101 cm³/mol. The first kappa shape index (κ1) is 18.4. The van der Waals surface area contributed by atoms with Gasteiger partial charge in [-0.3, -0.25) is 0 Å². The fraction of sp³-hybridized carbons (Fsp3) is 1.00. The zero-order valence-corrected chi connectivity index (χ0v) is 15.4. The van der Waals surface area contributed by atoms with E-state index in [1.54, 1.807) is 0 Å². The van der Waals surface area contributed by atoms with Gasteiger partial charge in [0.15, 0.2) is 0 Å². The number of hydrogen-bond acceptors (Lipinski definition) is 0. The lowest BCUT2D eigenvalue weighted by Gasteiger charge is -2.42. The fourth-order valence-corrected chi connectivity index (χ4v) is 5.14. The maximum absolute atomic E-state index is 2.86. The standard InChI is InChI=1S/C21H40B/c1-2-3-17-21(18-13-9-6-10-14-19-22-21)20-15-11-7-4-5-8-12-16-20/h20H,2-19H2,1H3. The Balaban J connectivity index is 2.07. The largest absolute Gasteiger partial charge is 0.118 e. The highest BCUT2D eigenvalue weighted by Crippen LogP contribution is 2.51. The van der Waals surface area contributed by atoms with E-state index in [9.17, 15) is 0 Å². The van der Waals surface area contributed by atoms with Gasteiger partial charge in [0.1, 0.15) is 7.28 Å². The molecule has 1 heteroatoms. The van der Waals surface area contributed by atoms with Gasteiger partial charge in [-0.25, -0.2) is 0 Å². The molecule has 2 rings (SSSR count). The van der Waals surface area contributed by atoms with Crippen LogP contribution in [-0.2, 0) is 0 Å². The molecular weight excluding hydrogens is 263 g/mol. The topological polar surface area (TPSA) is 0 Å². The molecule has 0 aromatic rings. The van der Waals surface area contributed by atoms with Gasteiger partial charge >= 0.3 is 0 Å². The molecule has 1 heterocycles. The van der Waals surface area contributed by atoms with E-state index in [0.717, 1.165) is 5.92 Å². The minimum Gasteiger partial charge on any atom is -0.0796 e. The van der Waals surface area contributed by atoms with Crippen LogP contribution in [-0.4, -0.2) is 7.28 Å². The second-order valence-electron chi connectivity index (χ2n) is 8.24. The molecule has 0 spiro atoms. The maximum Gasteiger partial charge on any atom is 0.118 e. The van der Waals surface area contributed by atoms with Crippen molar-refractivity contribution in [2.24, 2.45) is 5.92 Å². The summed E-state index contributed by atoms with van der Waals surface area (Å²) >= 11 is 0. The molecule has 1 aliphatic carbocycles. The van der Waals surface area contributed by atoms with Crippen LogP contribution in [0, 0.1) is 5.92 Å². The van der Waals surface area contributed by atoms with Crippen molar-refractivity contribution in [1.82, 2.24) is 0 Å². The summed E-state index contributed by atoms with van der Waals surface area (Å²) in [6, 6.07) is 0. The molecule has 127 valence electrons. The molecule has 1 unspecified atom stereocenters. The van der Waals surface area contributed by atoms with Crippen molar-refractivity contribution < 1.29 is 0 Å². The van der Waals surface area contributed by atoms with E-state index in [0.29, 0.717) is 5.31 Å². The average Bonchev–Trinajstić information content (AvgIpc) is 2.75. The first-order valence-corrected chi connectivity index (χ1v) is 10.7. The van der Waals surface area contributed by atoms with Gasteiger partial charge < -0.3 is 0 Å². The third-order valence-electron chi connectivity index (χ3n) is 6.56. The van der Waals surface area contributed by atoms with Gasteiger partial charge in [-0.15, -0.1) is 0 Å². The van der Waals surface area contributed by atoms with Crippen molar-refractivity contribution in [3.63, 3.8) is 0 Å². The van der Waals surface area contributed by atoms with E-state index >= 15 is 0 Å².